The zero-order valence-corrected chi connectivity index (χ0v) is 13.7. The number of ether oxygens (including phenoxy) is 3. The first-order valence-corrected chi connectivity index (χ1v) is 8.56. The summed E-state index contributed by atoms with van der Waals surface area (Å²) in [5.41, 5.74) is 0. The molecule has 1 heterocycles. The van der Waals surface area contributed by atoms with Gasteiger partial charge in [-0.05, 0) is 25.0 Å². The number of carbonyl (C=O) groups excluding carboxylic acids is 1. The number of thioether (sulfide) groups is 1. The quantitative estimate of drug-likeness (QED) is 0.742. The van der Waals surface area contributed by atoms with E-state index in [0.717, 1.165) is 31.8 Å². The van der Waals surface area contributed by atoms with E-state index in [4.69, 9.17) is 14.2 Å². The number of hydrogen-bond acceptors (Lipinski definition) is 5. The van der Waals surface area contributed by atoms with Crippen LogP contribution in [0.4, 0.5) is 0 Å². The van der Waals surface area contributed by atoms with Gasteiger partial charge in [0, 0.05) is 30.8 Å². The van der Waals surface area contributed by atoms with Crippen LogP contribution in [-0.2, 0) is 9.53 Å². The summed E-state index contributed by atoms with van der Waals surface area (Å²) in [5, 5.41) is 3.54. The topological polar surface area (TPSA) is 56.8 Å². The normalized spacial score (nSPS) is 15.3. The first kappa shape index (κ1) is 17.0. The number of rotatable bonds is 8. The molecule has 1 aliphatic rings. The van der Waals surface area contributed by atoms with E-state index in [1.807, 2.05) is 23.9 Å². The standard InChI is InChI=1S/C16H23NO4S/c1-19-14-4-2-3-5-15(14)21-12-16(18)17-8-11-22-13-6-9-20-10-7-13/h2-5,13H,6-12H2,1H3,(H,17,18). The van der Waals surface area contributed by atoms with Gasteiger partial charge in [0.1, 0.15) is 0 Å². The van der Waals surface area contributed by atoms with Crippen LogP contribution in [0.5, 0.6) is 11.5 Å². The van der Waals surface area contributed by atoms with Crippen LogP contribution in [0.25, 0.3) is 0 Å². The van der Waals surface area contributed by atoms with E-state index in [1.54, 1.807) is 19.2 Å². The van der Waals surface area contributed by atoms with Crippen molar-refractivity contribution >= 4 is 17.7 Å². The van der Waals surface area contributed by atoms with Crippen molar-refractivity contribution in [3.05, 3.63) is 24.3 Å². The van der Waals surface area contributed by atoms with Gasteiger partial charge in [0.25, 0.3) is 5.91 Å². The maximum Gasteiger partial charge on any atom is 0.257 e. The zero-order chi connectivity index (χ0) is 15.6. The zero-order valence-electron chi connectivity index (χ0n) is 12.9. The summed E-state index contributed by atoms with van der Waals surface area (Å²) in [7, 11) is 1.58. The summed E-state index contributed by atoms with van der Waals surface area (Å²) >= 11 is 1.90. The molecule has 0 atom stereocenters. The molecule has 0 saturated carbocycles. The van der Waals surface area contributed by atoms with Gasteiger partial charge in [-0.1, -0.05) is 12.1 Å². The highest BCUT2D eigenvalue weighted by molar-refractivity contribution is 7.99. The Bertz CT molecular complexity index is 463. The molecule has 1 aliphatic heterocycles. The Morgan fingerprint density at radius 1 is 1.32 bits per heavy atom. The van der Waals surface area contributed by atoms with Gasteiger partial charge in [0.2, 0.25) is 0 Å². The van der Waals surface area contributed by atoms with Gasteiger partial charge in [-0.2, -0.15) is 11.8 Å². The number of carbonyl (C=O) groups is 1. The molecule has 1 aromatic rings. The second-order valence-corrected chi connectivity index (χ2v) is 6.38. The average Bonchev–Trinajstić information content (AvgIpc) is 2.58. The molecule has 0 aliphatic carbocycles. The molecule has 0 unspecified atom stereocenters. The van der Waals surface area contributed by atoms with Crippen LogP contribution in [-0.4, -0.2) is 50.4 Å². The van der Waals surface area contributed by atoms with Crippen LogP contribution < -0.4 is 14.8 Å². The number of benzene rings is 1. The number of para-hydroxylation sites is 2. The van der Waals surface area contributed by atoms with E-state index in [0.29, 0.717) is 23.3 Å². The van der Waals surface area contributed by atoms with Gasteiger partial charge in [0.05, 0.1) is 7.11 Å². The maximum absolute atomic E-state index is 11.8. The summed E-state index contributed by atoms with van der Waals surface area (Å²) in [5.74, 6) is 2.02. The molecule has 1 fully saturated rings. The van der Waals surface area contributed by atoms with Crippen LogP contribution in [0.15, 0.2) is 24.3 Å². The van der Waals surface area contributed by atoms with E-state index in [2.05, 4.69) is 5.32 Å². The first-order chi connectivity index (χ1) is 10.8. The summed E-state index contributed by atoms with van der Waals surface area (Å²) in [6, 6.07) is 7.30. The van der Waals surface area contributed by atoms with Gasteiger partial charge in [0.15, 0.2) is 18.1 Å². The average molecular weight is 325 g/mol. The molecular formula is C16H23NO4S. The Morgan fingerprint density at radius 3 is 2.77 bits per heavy atom. The molecule has 2 rings (SSSR count). The number of amides is 1. The Hall–Kier alpha value is -1.40. The van der Waals surface area contributed by atoms with Gasteiger partial charge in [-0.25, -0.2) is 0 Å². The third-order valence-electron chi connectivity index (χ3n) is 3.37. The van der Waals surface area contributed by atoms with Crippen molar-refractivity contribution in [1.82, 2.24) is 5.32 Å². The fourth-order valence-electron chi connectivity index (χ4n) is 2.19. The second-order valence-electron chi connectivity index (χ2n) is 4.97. The molecule has 5 nitrogen and oxygen atoms in total. The molecule has 0 bridgehead atoms. The van der Waals surface area contributed by atoms with Crippen molar-refractivity contribution in [1.29, 1.82) is 0 Å². The molecule has 122 valence electrons. The molecule has 6 heteroatoms. The molecule has 0 spiro atoms. The predicted molar refractivity (Wildman–Crippen MR) is 87.8 cm³/mol. The Labute approximate surface area is 135 Å². The maximum atomic E-state index is 11.8. The summed E-state index contributed by atoms with van der Waals surface area (Å²) in [4.78, 5) is 11.8. The van der Waals surface area contributed by atoms with E-state index < -0.39 is 0 Å². The summed E-state index contributed by atoms with van der Waals surface area (Å²) in [6.45, 7) is 2.38. The lowest BCUT2D eigenvalue weighted by molar-refractivity contribution is -0.122. The lowest BCUT2D eigenvalue weighted by Gasteiger charge is -2.21. The van der Waals surface area contributed by atoms with Crippen LogP contribution in [0.3, 0.4) is 0 Å². The predicted octanol–water partition coefficient (Wildman–Crippen LogP) is 2.10. The van der Waals surface area contributed by atoms with E-state index in [-0.39, 0.29) is 12.5 Å². The third-order valence-corrected chi connectivity index (χ3v) is 4.76. The lowest BCUT2D eigenvalue weighted by Crippen LogP contribution is -2.31. The summed E-state index contributed by atoms with van der Waals surface area (Å²) < 4.78 is 16.0. The minimum Gasteiger partial charge on any atom is -0.493 e. The minimum atomic E-state index is -0.113. The number of hydrogen-bond donors (Lipinski definition) is 1. The van der Waals surface area contributed by atoms with Gasteiger partial charge in [-0.3, -0.25) is 4.79 Å². The van der Waals surface area contributed by atoms with Gasteiger partial charge >= 0.3 is 0 Å². The molecular weight excluding hydrogens is 302 g/mol. The van der Waals surface area contributed by atoms with E-state index in [1.165, 1.54) is 0 Å². The molecule has 1 saturated heterocycles. The molecule has 0 aromatic heterocycles. The third kappa shape index (κ3) is 5.77. The van der Waals surface area contributed by atoms with Crippen molar-refractivity contribution in [3.8, 4) is 11.5 Å². The molecule has 0 radical (unpaired) electrons. The Morgan fingerprint density at radius 2 is 2.05 bits per heavy atom. The SMILES string of the molecule is COc1ccccc1OCC(=O)NCCSC1CCOCC1. The van der Waals surface area contributed by atoms with Crippen LogP contribution in [0.1, 0.15) is 12.8 Å². The fourth-order valence-corrected chi connectivity index (χ4v) is 3.27. The highest BCUT2D eigenvalue weighted by Gasteiger charge is 2.13. The number of nitrogens with one attached hydrogen (secondary N) is 1. The Kier molecular flexibility index (Phi) is 7.39. The molecule has 22 heavy (non-hydrogen) atoms. The smallest absolute Gasteiger partial charge is 0.257 e. The molecule has 1 aromatic carbocycles. The Balaban J connectivity index is 1.59. The largest absolute Gasteiger partial charge is 0.493 e. The summed E-state index contributed by atoms with van der Waals surface area (Å²) in [6.07, 6.45) is 2.21. The van der Waals surface area contributed by atoms with Crippen molar-refractivity contribution in [2.24, 2.45) is 0 Å². The van der Waals surface area contributed by atoms with E-state index in [9.17, 15) is 4.79 Å². The van der Waals surface area contributed by atoms with Crippen molar-refractivity contribution in [2.45, 2.75) is 18.1 Å². The number of methoxy groups -OCH3 is 1. The first-order valence-electron chi connectivity index (χ1n) is 7.51. The lowest BCUT2D eigenvalue weighted by atomic mass is 10.2. The monoisotopic (exact) mass is 325 g/mol. The van der Waals surface area contributed by atoms with Crippen molar-refractivity contribution < 1.29 is 19.0 Å². The van der Waals surface area contributed by atoms with Crippen molar-refractivity contribution in [2.75, 3.05) is 39.2 Å². The highest BCUT2D eigenvalue weighted by Crippen LogP contribution is 2.25. The fraction of sp³-hybridized carbons (Fsp3) is 0.562. The van der Waals surface area contributed by atoms with Crippen LogP contribution in [0.2, 0.25) is 0 Å². The van der Waals surface area contributed by atoms with Crippen LogP contribution in [0, 0.1) is 0 Å². The van der Waals surface area contributed by atoms with E-state index >= 15 is 0 Å². The minimum absolute atomic E-state index is 0.00229. The second kappa shape index (κ2) is 9.58. The highest BCUT2D eigenvalue weighted by atomic mass is 32.2. The molecule has 1 amide bonds. The van der Waals surface area contributed by atoms with Crippen molar-refractivity contribution in [3.63, 3.8) is 0 Å². The van der Waals surface area contributed by atoms with Gasteiger partial charge in [-0.15, -0.1) is 0 Å². The van der Waals surface area contributed by atoms with Crippen LogP contribution >= 0.6 is 11.8 Å². The molecule has 1 N–H and O–H groups in total. The van der Waals surface area contributed by atoms with Gasteiger partial charge < -0.3 is 19.5 Å².